The van der Waals surface area contributed by atoms with Crippen LogP contribution in [0.3, 0.4) is 0 Å². The Morgan fingerprint density at radius 3 is 2.20 bits per heavy atom. The van der Waals surface area contributed by atoms with E-state index >= 15 is 0 Å². The van der Waals surface area contributed by atoms with E-state index in [4.69, 9.17) is 5.73 Å². The molecule has 102 valence electrons. The van der Waals surface area contributed by atoms with Gasteiger partial charge in [-0.2, -0.15) is 0 Å². The summed E-state index contributed by atoms with van der Waals surface area (Å²) in [5.41, 5.74) is 6.34. The van der Waals surface area contributed by atoms with Gasteiger partial charge in [-0.1, -0.05) is 12.1 Å². The summed E-state index contributed by atoms with van der Waals surface area (Å²) in [6.45, 7) is 0. The van der Waals surface area contributed by atoms with Gasteiger partial charge in [-0.15, -0.1) is 0 Å². The summed E-state index contributed by atoms with van der Waals surface area (Å²) < 4.78 is 0. The molecule has 0 saturated heterocycles. The van der Waals surface area contributed by atoms with Crippen molar-refractivity contribution in [2.24, 2.45) is 5.73 Å². The van der Waals surface area contributed by atoms with E-state index in [0.717, 1.165) is 6.07 Å². The van der Waals surface area contributed by atoms with Crippen molar-refractivity contribution >= 4 is 11.7 Å². The number of nitrogens with two attached hydrogens (primary N) is 1. The minimum Gasteiger partial charge on any atom is -0.508 e. The predicted molar refractivity (Wildman–Crippen MR) is 72.8 cm³/mol. The first-order valence-corrected chi connectivity index (χ1v) is 5.91. The Morgan fingerprint density at radius 2 is 1.65 bits per heavy atom. The Morgan fingerprint density at radius 1 is 1.00 bits per heavy atom. The fourth-order valence-corrected chi connectivity index (χ4v) is 1.82. The quantitative estimate of drug-likeness (QED) is 0.735. The highest BCUT2D eigenvalue weighted by atomic mass is 16.3. The van der Waals surface area contributed by atoms with Crippen LogP contribution in [0.15, 0.2) is 42.5 Å². The highest BCUT2D eigenvalue weighted by molar-refractivity contribution is 6.00. The largest absolute Gasteiger partial charge is 0.508 e. The zero-order chi connectivity index (χ0) is 14.7. The number of amides is 1. The number of phenolic OH excluding ortho intramolecular Hbond substituents is 2. The van der Waals surface area contributed by atoms with Gasteiger partial charge < -0.3 is 15.9 Å². The Bertz CT molecular complexity index is 662. The van der Waals surface area contributed by atoms with Crippen molar-refractivity contribution < 1.29 is 19.8 Å². The Kier molecular flexibility index (Phi) is 3.70. The Hall–Kier alpha value is -2.82. The van der Waals surface area contributed by atoms with Crippen LogP contribution < -0.4 is 5.73 Å². The standard InChI is InChI=1S/C15H13NO4/c16-15(20)10-3-1-9(2-4-10)7-13(18)12-6-5-11(17)8-14(12)19/h1-6,8,17,19H,7H2,(H2,16,20). The number of ketones is 1. The molecule has 5 nitrogen and oxygen atoms in total. The van der Waals surface area contributed by atoms with Crippen LogP contribution in [0.2, 0.25) is 0 Å². The van der Waals surface area contributed by atoms with Gasteiger partial charge in [-0.3, -0.25) is 9.59 Å². The monoisotopic (exact) mass is 271 g/mol. The lowest BCUT2D eigenvalue weighted by Gasteiger charge is -2.05. The average Bonchev–Trinajstić information content (AvgIpc) is 2.39. The van der Waals surface area contributed by atoms with Crippen molar-refractivity contribution in [3.63, 3.8) is 0 Å². The maximum Gasteiger partial charge on any atom is 0.248 e. The molecule has 0 radical (unpaired) electrons. The third-order valence-electron chi connectivity index (χ3n) is 2.88. The molecule has 0 heterocycles. The van der Waals surface area contributed by atoms with Gasteiger partial charge in [0, 0.05) is 18.1 Å². The second-order valence-corrected chi connectivity index (χ2v) is 4.36. The average molecular weight is 271 g/mol. The lowest BCUT2D eigenvalue weighted by atomic mass is 10.0. The number of benzene rings is 2. The summed E-state index contributed by atoms with van der Waals surface area (Å²) in [7, 11) is 0. The molecule has 0 unspecified atom stereocenters. The van der Waals surface area contributed by atoms with E-state index in [1.165, 1.54) is 12.1 Å². The molecule has 0 fully saturated rings. The van der Waals surface area contributed by atoms with Crippen molar-refractivity contribution in [2.75, 3.05) is 0 Å². The van der Waals surface area contributed by atoms with Crippen molar-refractivity contribution in [3.05, 3.63) is 59.2 Å². The molecule has 0 aliphatic carbocycles. The first-order valence-electron chi connectivity index (χ1n) is 5.91. The SMILES string of the molecule is NC(=O)c1ccc(CC(=O)c2ccc(O)cc2O)cc1. The molecule has 0 saturated carbocycles. The van der Waals surface area contributed by atoms with Crippen molar-refractivity contribution in [1.29, 1.82) is 0 Å². The molecule has 1 amide bonds. The maximum absolute atomic E-state index is 12.0. The van der Waals surface area contributed by atoms with E-state index in [0.29, 0.717) is 11.1 Å². The summed E-state index contributed by atoms with van der Waals surface area (Å²) in [4.78, 5) is 23.0. The number of Topliss-reactive ketones (excluding diaryl/α,β-unsaturated/α-hetero) is 1. The molecule has 0 atom stereocenters. The molecule has 0 aliphatic rings. The van der Waals surface area contributed by atoms with Crippen LogP contribution >= 0.6 is 0 Å². The van der Waals surface area contributed by atoms with Gasteiger partial charge in [0.1, 0.15) is 11.5 Å². The third kappa shape index (κ3) is 2.95. The number of primary amides is 1. The van der Waals surface area contributed by atoms with E-state index in [2.05, 4.69) is 0 Å². The Balaban J connectivity index is 2.17. The van der Waals surface area contributed by atoms with Gasteiger partial charge in [-0.25, -0.2) is 0 Å². The topological polar surface area (TPSA) is 101 Å². The van der Waals surface area contributed by atoms with E-state index < -0.39 is 5.91 Å². The van der Waals surface area contributed by atoms with Gasteiger partial charge in [0.25, 0.3) is 0 Å². The highest BCUT2D eigenvalue weighted by Crippen LogP contribution is 2.24. The van der Waals surface area contributed by atoms with Crippen molar-refractivity contribution in [1.82, 2.24) is 0 Å². The molecule has 0 aromatic heterocycles. The number of aromatic hydroxyl groups is 2. The molecular weight excluding hydrogens is 258 g/mol. The normalized spacial score (nSPS) is 10.2. The molecule has 0 bridgehead atoms. The molecule has 2 rings (SSSR count). The van der Waals surface area contributed by atoms with Crippen LogP contribution in [0.5, 0.6) is 11.5 Å². The zero-order valence-electron chi connectivity index (χ0n) is 10.5. The van der Waals surface area contributed by atoms with Crippen LogP contribution in [0, 0.1) is 0 Å². The number of carbonyl (C=O) groups is 2. The fourth-order valence-electron chi connectivity index (χ4n) is 1.82. The van der Waals surface area contributed by atoms with Crippen LogP contribution in [-0.2, 0) is 6.42 Å². The zero-order valence-corrected chi connectivity index (χ0v) is 10.5. The van der Waals surface area contributed by atoms with Crippen molar-refractivity contribution in [3.8, 4) is 11.5 Å². The summed E-state index contributed by atoms with van der Waals surface area (Å²) in [6.07, 6.45) is 0.0807. The third-order valence-corrected chi connectivity index (χ3v) is 2.88. The summed E-state index contributed by atoms with van der Waals surface area (Å²) in [5.74, 6) is -1.18. The minimum atomic E-state index is -0.529. The first kappa shape index (κ1) is 13.6. The van der Waals surface area contributed by atoms with E-state index in [-0.39, 0.29) is 29.3 Å². The summed E-state index contributed by atoms with van der Waals surface area (Å²) in [6, 6.07) is 10.2. The van der Waals surface area contributed by atoms with Crippen LogP contribution in [0.1, 0.15) is 26.3 Å². The van der Waals surface area contributed by atoms with Crippen LogP contribution in [0.25, 0.3) is 0 Å². The molecule has 0 spiro atoms. The number of hydrogen-bond acceptors (Lipinski definition) is 4. The van der Waals surface area contributed by atoms with Gasteiger partial charge in [0.05, 0.1) is 5.56 Å². The van der Waals surface area contributed by atoms with E-state index in [1.807, 2.05) is 0 Å². The molecule has 2 aromatic carbocycles. The van der Waals surface area contributed by atoms with E-state index in [9.17, 15) is 19.8 Å². The van der Waals surface area contributed by atoms with Gasteiger partial charge in [-0.05, 0) is 29.8 Å². The summed E-state index contributed by atoms with van der Waals surface area (Å²) in [5, 5.41) is 18.8. The smallest absolute Gasteiger partial charge is 0.248 e. The van der Waals surface area contributed by atoms with Crippen LogP contribution in [-0.4, -0.2) is 21.9 Å². The summed E-state index contributed by atoms with van der Waals surface area (Å²) >= 11 is 0. The first-order chi connectivity index (χ1) is 9.47. The number of phenols is 2. The second-order valence-electron chi connectivity index (χ2n) is 4.36. The van der Waals surface area contributed by atoms with E-state index in [1.54, 1.807) is 24.3 Å². The molecule has 4 N–H and O–H groups in total. The maximum atomic E-state index is 12.0. The fraction of sp³-hybridized carbons (Fsp3) is 0.0667. The minimum absolute atomic E-state index is 0.0807. The highest BCUT2D eigenvalue weighted by Gasteiger charge is 2.12. The predicted octanol–water partition coefficient (Wildman–Crippen LogP) is 1.62. The van der Waals surface area contributed by atoms with Gasteiger partial charge in [0.15, 0.2) is 5.78 Å². The molecule has 20 heavy (non-hydrogen) atoms. The van der Waals surface area contributed by atoms with Gasteiger partial charge in [0.2, 0.25) is 5.91 Å². The molecule has 5 heteroatoms. The van der Waals surface area contributed by atoms with Gasteiger partial charge >= 0.3 is 0 Å². The number of carbonyl (C=O) groups excluding carboxylic acids is 2. The lowest BCUT2D eigenvalue weighted by Crippen LogP contribution is -2.11. The lowest BCUT2D eigenvalue weighted by molar-refractivity contribution is 0.0987. The Labute approximate surface area is 115 Å². The molecule has 2 aromatic rings. The second kappa shape index (κ2) is 5.44. The number of rotatable bonds is 4. The number of hydrogen-bond donors (Lipinski definition) is 3. The van der Waals surface area contributed by atoms with Crippen molar-refractivity contribution in [2.45, 2.75) is 6.42 Å². The molecular formula is C15H13NO4. The van der Waals surface area contributed by atoms with Crippen LogP contribution in [0.4, 0.5) is 0 Å². The molecule has 0 aliphatic heterocycles.